The molecule has 0 amide bonds. The van der Waals surface area contributed by atoms with E-state index < -0.39 is 0 Å². The Morgan fingerprint density at radius 1 is 1.83 bits per heavy atom. The Morgan fingerprint density at radius 2 is 2.67 bits per heavy atom. The van der Waals surface area contributed by atoms with Gasteiger partial charge in [-0.3, -0.25) is 0 Å². The summed E-state index contributed by atoms with van der Waals surface area (Å²) >= 11 is 0. The van der Waals surface area contributed by atoms with Crippen LogP contribution in [0.2, 0.25) is 0 Å². The second-order valence-electron chi connectivity index (χ2n) is 1.24. The van der Waals surface area contributed by atoms with Gasteiger partial charge in [-0.05, 0) is 0 Å². The van der Waals surface area contributed by atoms with Gasteiger partial charge in [-0.25, -0.2) is 0 Å². The van der Waals surface area contributed by atoms with Crippen LogP contribution >= 0.6 is 0 Å². The summed E-state index contributed by atoms with van der Waals surface area (Å²) in [6, 6.07) is 0. The van der Waals surface area contributed by atoms with Gasteiger partial charge in [0.25, 0.3) is 0 Å². The van der Waals surface area contributed by atoms with Crippen LogP contribution in [0.3, 0.4) is 0 Å². The van der Waals surface area contributed by atoms with Crippen molar-refractivity contribution < 1.29 is 4.90 Å². The van der Waals surface area contributed by atoms with Gasteiger partial charge in [-0.1, -0.05) is 0 Å². The Morgan fingerprint density at radius 3 is 2.83 bits per heavy atom. The van der Waals surface area contributed by atoms with Crippen molar-refractivity contribution in [3.8, 4) is 6.19 Å². The summed E-state index contributed by atoms with van der Waals surface area (Å²) in [5.41, 5.74) is 0. The van der Waals surface area contributed by atoms with Gasteiger partial charge in [0.1, 0.15) is 0 Å². The van der Waals surface area contributed by atoms with E-state index in [4.69, 9.17) is 0 Å². The maximum absolute atomic E-state index is 3.70. The van der Waals surface area contributed by atoms with Gasteiger partial charge in [-0.2, -0.15) is 4.90 Å². The molecule has 30 valence electrons. The zero-order chi connectivity index (χ0) is 4.41. The van der Waals surface area contributed by atoms with E-state index in [2.05, 4.69) is 11.0 Å². The summed E-state index contributed by atoms with van der Waals surface area (Å²) in [4.78, 5) is 4.80. The summed E-state index contributed by atoms with van der Waals surface area (Å²) in [6.45, 7) is 0. The fraction of sp³-hybridized carbons (Fsp3) is 0.250. The first-order valence-corrected chi connectivity index (χ1v) is 1.85. The van der Waals surface area contributed by atoms with Gasteiger partial charge in [0.15, 0.2) is 6.20 Å². The molecule has 2 nitrogen and oxygen atoms in total. The summed E-state index contributed by atoms with van der Waals surface area (Å²) in [5.74, 6) is 0. The molecule has 0 spiro atoms. The van der Waals surface area contributed by atoms with Gasteiger partial charge in [0.2, 0.25) is 0 Å². The molecule has 1 aliphatic heterocycles. The van der Waals surface area contributed by atoms with Crippen LogP contribution in [0.15, 0.2) is 12.4 Å². The van der Waals surface area contributed by atoms with E-state index in [1.54, 1.807) is 6.20 Å². The van der Waals surface area contributed by atoms with Gasteiger partial charge in [-0.15, -0.1) is 0 Å². The fourth-order valence-corrected chi connectivity index (χ4v) is 0.325. The molecule has 1 heterocycles. The van der Waals surface area contributed by atoms with Gasteiger partial charge in [0.05, 0.1) is 7.05 Å². The molecule has 0 aliphatic carbocycles. The van der Waals surface area contributed by atoms with E-state index in [1.807, 2.05) is 13.2 Å². The zero-order valence-electron chi connectivity index (χ0n) is 3.60. The van der Waals surface area contributed by atoms with Crippen molar-refractivity contribution in [2.45, 2.75) is 0 Å². The predicted octanol–water partition coefficient (Wildman–Crippen LogP) is -0.724. The topological polar surface area (TPSA) is 8.80 Å². The Hall–Kier alpha value is -0.810. The molecule has 0 radical (unpaired) electrons. The number of rotatable bonds is 0. The van der Waals surface area contributed by atoms with Crippen molar-refractivity contribution in [1.29, 1.82) is 0 Å². The quantitative estimate of drug-likeness (QED) is 0.369. The third-order valence-corrected chi connectivity index (χ3v) is 0.640. The van der Waals surface area contributed by atoms with Crippen molar-refractivity contribution in [1.82, 2.24) is 0 Å². The second kappa shape index (κ2) is 1.11. The standard InChI is InChI=1S/C4H5N2/c1-6-3-2-5-4-6/h2-3H,1H3/q+1/p+1. The van der Waals surface area contributed by atoms with Crippen LogP contribution in [0.5, 0.6) is 0 Å². The highest BCUT2D eigenvalue weighted by atomic mass is 15.1. The largest absolute Gasteiger partial charge is 0.535 e. The minimum Gasteiger partial charge on any atom is -0.164 e. The maximum Gasteiger partial charge on any atom is 0.535 e. The first-order chi connectivity index (χ1) is 2.89. The Bertz CT molecular complexity index is 126. The Balaban J connectivity index is 2.71. The Labute approximate surface area is 36.5 Å². The highest BCUT2D eigenvalue weighted by Crippen LogP contribution is 1.67. The average Bonchev–Trinajstić information content (AvgIpc) is 1.86. The first kappa shape index (κ1) is 3.38. The highest BCUT2D eigenvalue weighted by molar-refractivity contribution is 4.96. The molecular weight excluding hydrogens is 76.1 g/mol. The average molecular weight is 82.1 g/mol. The maximum atomic E-state index is 3.70. The monoisotopic (exact) mass is 82.1 g/mol. The molecule has 0 saturated heterocycles. The lowest BCUT2D eigenvalue weighted by Crippen LogP contribution is -2.98. The van der Waals surface area contributed by atoms with Gasteiger partial charge in [0, 0.05) is 4.85 Å². The van der Waals surface area contributed by atoms with Gasteiger partial charge < -0.3 is 0 Å². The molecule has 0 bridgehead atoms. The second-order valence-corrected chi connectivity index (χ2v) is 1.24. The normalized spacial score (nSPS) is 26.5. The van der Waals surface area contributed by atoms with E-state index in [0.29, 0.717) is 0 Å². The molecule has 1 unspecified atom stereocenters. The molecule has 1 aliphatic rings. The van der Waals surface area contributed by atoms with Crippen LogP contribution in [-0.4, -0.2) is 7.05 Å². The van der Waals surface area contributed by atoms with E-state index in [0.717, 1.165) is 4.90 Å². The number of hydrogen-bond acceptors (Lipinski definition) is 0. The molecule has 0 fully saturated rings. The number of quaternary nitrogens is 1. The third-order valence-electron chi connectivity index (χ3n) is 0.640. The third kappa shape index (κ3) is 0.399. The van der Waals surface area contributed by atoms with Crippen molar-refractivity contribution >= 4 is 0 Å². The number of nitrogens with one attached hydrogen (secondary N) is 1. The minimum absolute atomic E-state index is 1.11. The lowest BCUT2D eigenvalue weighted by atomic mass is 10.8. The van der Waals surface area contributed by atoms with Gasteiger partial charge >= 0.3 is 12.4 Å². The van der Waals surface area contributed by atoms with E-state index in [1.165, 1.54) is 0 Å². The molecule has 0 aromatic heterocycles. The molecular formula is C4H6N2+2. The van der Waals surface area contributed by atoms with Crippen LogP contribution in [-0.2, 0) is 0 Å². The van der Waals surface area contributed by atoms with Crippen molar-refractivity contribution in [2.75, 3.05) is 7.05 Å². The SMILES string of the molecule is C[NH+]1C#[N+]C=C1. The van der Waals surface area contributed by atoms with Crippen molar-refractivity contribution in [3.05, 3.63) is 17.2 Å². The smallest absolute Gasteiger partial charge is 0.164 e. The summed E-state index contributed by atoms with van der Waals surface area (Å²) in [7, 11) is 1.97. The van der Waals surface area contributed by atoms with Crippen LogP contribution < -0.4 is 4.90 Å². The molecule has 0 aromatic carbocycles. The van der Waals surface area contributed by atoms with Crippen molar-refractivity contribution in [3.63, 3.8) is 0 Å². The lowest BCUT2D eigenvalue weighted by molar-refractivity contribution is -0.745. The van der Waals surface area contributed by atoms with E-state index in [-0.39, 0.29) is 0 Å². The van der Waals surface area contributed by atoms with Crippen LogP contribution in [0, 0.1) is 6.19 Å². The highest BCUT2D eigenvalue weighted by Gasteiger charge is 2.05. The van der Waals surface area contributed by atoms with E-state index >= 15 is 0 Å². The first-order valence-electron chi connectivity index (χ1n) is 1.85. The number of hydrogen-bond donors (Lipinski definition) is 1. The minimum atomic E-state index is 1.11. The lowest BCUT2D eigenvalue weighted by Gasteiger charge is -1.74. The molecule has 1 rings (SSSR count). The molecule has 0 saturated carbocycles. The predicted molar refractivity (Wildman–Crippen MR) is 23.3 cm³/mol. The zero-order valence-corrected chi connectivity index (χ0v) is 3.60. The van der Waals surface area contributed by atoms with Crippen LogP contribution in [0.1, 0.15) is 0 Å². The molecule has 1 atom stereocenters. The van der Waals surface area contributed by atoms with E-state index in [9.17, 15) is 0 Å². The number of nitrogens with zero attached hydrogens (tertiary/aromatic N) is 1. The Kier molecular flexibility index (Phi) is 0.627. The molecule has 6 heavy (non-hydrogen) atoms. The van der Waals surface area contributed by atoms with Crippen LogP contribution in [0.25, 0.3) is 4.85 Å². The van der Waals surface area contributed by atoms with Crippen LogP contribution in [0.4, 0.5) is 0 Å². The summed E-state index contributed by atoms with van der Waals surface area (Å²) < 4.78 is 0. The fourth-order valence-electron chi connectivity index (χ4n) is 0.325. The molecule has 1 N–H and O–H groups in total. The summed E-state index contributed by atoms with van der Waals surface area (Å²) in [6.07, 6.45) is 6.40. The summed E-state index contributed by atoms with van der Waals surface area (Å²) in [5, 5.41) is 0. The molecule has 0 aromatic rings. The van der Waals surface area contributed by atoms with Crippen molar-refractivity contribution in [2.24, 2.45) is 0 Å². The molecule has 2 heteroatoms.